The molecule has 0 amide bonds. The van der Waals surface area contributed by atoms with Gasteiger partial charge in [0.25, 0.3) is 0 Å². The lowest BCUT2D eigenvalue weighted by atomic mass is 9.97. The summed E-state index contributed by atoms with van der Waals surface area (Å²) in [5, 5.41) is 12.6. The minimum absolute atomic E-state index is 0.00277. The summed E-state index contributed by atoms with van der Waals surface area (Å²) in [6, 6.07) is 20.5. The monoisotopic (exact) mass is 472 g/mol. The van der Waals surface area contributed by atoms with Gasteiger partial charge in [0.1, 0.15) is 5.82 Å². The normalized spacial score (nSPS) is 10.7. The molecule has 0 spiro atoms. The molecule has 0 atom stereocenters. The summed E-state index contributed by atoms with van der Waals surface area (Å²) in [5.74, 6) is 0.912. The van der Waals surface area contributed by atoms with Crippen LogP contribution in [0, 0.1) is 18.3 Å². The fourth-order valence-electron chi connectivity index (χ4n) is 3.83. The summed E-state index contributed by atoms with van der Waals surface area (Å²) in [6.07, 6.45) is 6.10. The first kappa shape index (κ1) is 22.7. The Morgan fingerprint density at radius 1 is 1.00 bits per heavy atom. The van der Waals surface area contributed by atoms with Gasteiger partial charge in [-0.3, -0.25) is 9.78 Å². The Hall–Kier alpha value is -5.03. The standard InChI is InChI=1S/C28H20N6O2/c1-18-4-5-19(13-23(18)15-26-31-12-10-24(32-26)22-3-2-11-30-17-22)14-25(35)20-6-8-21(9-7-20)28-33-27(16-29)36-34-28/h2-13,17H,14-15H2,1H3. The number of nitriles is 1. The van der Waals surface area contributed by atoms with Crippen molar-refractivity contribution in [1.82, 2.24) is 25.1 Å². The van der Waals surface area contributed by atoms with Crippen LogP contribution in [0.25, 0.3) is 22.6 Å². The number of hydrogen-bond acceptors (Lipinski definition) is 8. The summed E-state index contributed by atoms with van der Waals surface area (Å²) in [6.45, 7) is 2.04. The molecule has 0 N–H and O–H groups in total. The maximum atomic E-state index is 12.9. The highest BCUT2D eigenvalue weighted by Gasteiger charge is 2.13. The fraction of sp³-hybridized carbons (Fsp3) is 0.107. The second-order valence-corrected chi connectivity index (χ2v) is 8.25. The van der Waals surface area contributed by atoms with Crippen molar-refractivity contribution in [3.63, 3.8) is 0 Å². The second kappa shape index (κ2) is 10.1. The average Bonchev–Trinajstić information content (AvgIpc) is 3.41. The molecule has 36 heavy (non-hydrogen) atoms. The third-order valence-electron chi connectivity index (χ3n) is 5.78. The van der Waals surface area contributed by atoms with Crippen LogP contribution in [0.4, 0.5) is 0 Å². The molecule has 8 heteroatoms. The maximum absolute atomic E-state index is 12.9. The third kappa shape index (κ3) is 5.05. The number of hydrogen-bond donors (Lipinski definition) is 0. The highest BCUT2D eigenvalue weighted by atomic mass is 16.5. The summed E-state index contributed by atoms with van der Waals surface area (Å²) in [5.41, 5.74) is 6.12. The summed E-state index contributed by atoms with van der Waals surface area (Å²) >= 11 is 0. The van der Waals surface area contributed by atoms with E-state index in [0.29, 0.717) is 29.2 Å². The Bertz CT molecular complexity index is 1570. The van der Waals surface area contributed by atoms with E-state index < -0.39 is 0 Å². The van der Waals surface area contributed by atoms with Crippen LogP contribution in [0.1, 0.15) is 38.8 Å². The highest BCUT2D eigenvalue weighted by Crippen LogP contribution is 2.20. The Balaban J connectivity index is 1.30. The minimum atomic E-state index is -0.102. The van der Waals surface area contributed by atoms with E-state index in [-0.39, 0.29) is 18.1 Å². The zero-order valence-electron chi connectivity index (χ0n) is 19.4. The van der Waals surface area contributed by atoms with Gasteiger partial charge in [-0.25, -0.2) is 9.97 Å². The van der Waals surface area contributed by atoms with Crippen LogP contribution < -0.4 is 0 Å². The van der Waals surface area contributed by atoms with Crippen LogP contribution in [-0.4, -0.2) is 30.9 Å². The molecule has 5 rings (SSSR count). The minimum Gasteiger partial charge on any atom is -0.322 e. The third-order valence-corrected chi connectivity index (χ3v) is 5.78. The van der Waals surface area contributed by atoms with Crippen LogP contribution in [0.2, 0.25) is 0 Å². The SMILES string of the molecule is Cc1ccc(CC(=O)c2ccc(-c3noc(C#N)n3)cc2)cc1Cc1nccc(-c2cccnc2)n1. The molecule has 8 nitrogen and oxygen atoms in total. The van der Waals surface area contributed by atoms with Crippen molar-refractivity contribution in [2.24, 2.45) is 0 Å². The van der Waals surface area contributed by atoms with Crippen molar-refractivity contribution in [2.45, 2.75) is 19.8 Å². The van der Waals surface area contributed by atoms with E-state index in [0.717, 1.165) is 27.9 Å². The number of benzene rings is 2. The van der Waals surface area contributed by atoms with E-state index in [1.807, 2.05) is 43.3 Å². The Morgan fingerprint density at radius 2 is 1.86 bits per heavy atom. The molecule has 0 unspecified atom stereocenters. The lowest BCUT2D eigenvalue weighted by Gasteiger charge is -2.10. The predicted octanol–water partition coefficient (Wildman–Crippen LogP) is 4.78. The van der Waals surface area contributed by atoms with Crippen LogP contribution in [-0.2, 0) is 12.8 Å². The molecule has 0 aliphatic heterocycles. The number of carbonyl (C=O) groups excluding carboxylic acids is 1. The largest absolute Gasteiger partial charge is 0.329 e. The summed E-state index contributed by atoms with van der Waals surface area (Å²) in [4.78, 5) is 30.2. The number of carbonyl (C=O) groups is 1. The van der Waals surface area contributed by atoms with Gasteiger partial charge in [-0.05, 0) is 41.8 Å². The first-order valence-corrected chi connectivity index (χ1v) is 11.3. The molecule has 0 saturated heterocycles. The van der Waals surface area contributed by atoms with Gasteiger partial charge in [0.05, 0.1) is 5.69 Å². The predicted molar refractivity (Wildman–Crippen MR) is 132 cm³/mol. The van der Waals surface area contributed by atoms with E-state index in [9.17, 15) is 4.79 Å². The molecule has 0 saturated carbocycles. The van der Waals surface area contributed by atoms with Gasteiger partial charge >= 0.3 is 5.89 Å². The number of pyridine rings is 1. The quantitative estimate of drug-likeness (QED) is 0.310. The van der Waals surface area contributed by atoms with Crippen molar-refractivity contribution in [1.29, 1.82) is 5.26 Å². The molecule has 174 valence electrons. The topological polar surface area (TPSA) is 118 Å². The van der Waals surface area contributed by atoms with Crippen molar-refractivity contribution in [3.8, 4) is 28.7 Å². The molecule has 0 aliphatic carbocycles. The van der Waals surface area contributed by atoms with Gasteiger partial charge < -0.3 is 4.52 Å². The van der Waals surface area contributed by atoms with Crippen molar-refractivity contribution in [2.75, 3.05) is 0 Å². The van der Waals surface area contributed by atoms with Gasteiger partial charge in [0.15, 0.2) is 11.9 Å². The molecular weight excluding hydrogens is 452 g/mol. The van der Waals surface area contributed by atoms with Crippen molar-refractivity contribution in [3.05, 3.63) is 113 Å². The van der Waals surface area contributed by atoms with Crippen molar-refractivity contribution >= 4 is 5.78 Å². The maximum Gasteiger partial charge on any atom is 0.329 e. The number of aromatic nitrogens is 5. The first-order chi connectivity index (χ1) is 17.6. The van der Waals surface area contributed by atoms with Gasteiger partial charge in [0, 0.05) is 48.1 Å². The lowest BCUT2D eigenvalue weighted by Crippen LogP contribution is -2.05. The molecule has 0 aliphatic rings. The molecule has 0 radical (unpaired) electrons. The average molecular weight is 473 g/mol. The van der Waals surface area contributed by atoms with E-state index in [1.54, 1.807) is 48.9 Å². The van der Waals surface area contributed by atoms with E-state index in [1.165, 1.54) is 0 Å². The summed E-state index contributed by atoms with van der Waals surface area (Å²) < 4.78 is 4.82. The Labute approximate surface area is 207 Å². The van der Waals surface area contributed by atoms with Gasteiger partial charge in [-0.1, -0.05) is 47.6 Å². The van der Waals surface area contributed by atoms with Gasteiger partial charge in [0.2, 0.25) is 5.82 Å². The number of Topliss-reactive ketones (excluding diaryl/α,β-unsaturated/α-hetero) is 1. The van der Waals surface area contributed by atoms with Crippen LogP contribution >= 0.6 is 0 Å². The van der Waals surface area contributed by atoms with E-state index in [4.69, 9.17) is 14.8 Å². The molecule has 5 aromatic rings. The lowest BCUT2D eigenvalue weighted by molar-refractivity contribution is 0.0993. The molecule has 2 aromatic carbocycles. The smallest absolute Gasteiger partial charge is 0.322 e. The van der Waals surface area contributed by atoms with Gasteiger partial charge in [-0.2, -0.15) is 10.2 Å². The fourth-order valence-corrected chi connectivity index (χ4v) is 3.83. The zero-order chi connectivity index (χ0) is 24.9. The molecule has 3 aromatic heterocycles. The molecule has 0 fully saturated rings. The van der Waals surface area contributed by atoms with Crippen LogP contribution in [0.5, 0.6) is 0 Å². The van der Waals surface area contributed by atoms with E-state index >= 15 is 0 Å². The highest BCUT2D eigenvalue weighted by molar-refractivity contribution is 5.97. The number of ketones is 1. The van der Waals surface area contributed by atoms with Crippen LogP contribution in [0.3, 0.4) is 0 Å². The molecule has 3 heterocycles. The summed E-state index contributed by atoms with van der Waals surface area (Å²) in [7, 11) is 0. The zero-order valence-corrected chi connectivity index (χ0v) is 19.4. The second-order valence-electron chi connectivity index (χ2n) is 8.25. The Morgan fingerprint density at radius 3 is 2.61 bits per heavy atom. The number of rotatable bonds is 7. The van der Waals surface area contributed by atoms with E-state index in [2.05, 4.69) is 20.1 Å². The number of aryl methyl sites for hydroxylation is 1. The van der Waals surface area contributed by atoms with Gasteiger partial charge in [-0.15, -0.1) is 0 Å². The number of nitrogens with zero attached hydrogens (tertiary/aromatic N) is 6. The molecule has 0 bridgehead atoms. The van der Waals surface area contributed by atoms with Crippen LogP contribution in [0.15, 0.2) is 83.8 Å². The molecular formula is C28H20N6O2. The van der Waals surface area contributed by atoms with Crippen molar-refractivity contribution < 1.29 is 9.32 Å². The first-order valence-electron chi connectivity index (χ1n) is 11.3. The Kier molecular flexibility index (Phi) is 6.36.